The molecule has 1 N–H and O–H groups in total. The Kier molecular flexibility index (Phi) is 6.02. The Labute approximate surface area is 181 Å². The number of benzene rings is 2. The first-order valence-electron chi connectivity index (χ1n) is 10.3. The number of anilines is 1. The third kappa shape index (κ3) is 4.45. The summed E-state index contributed by atoms with van der Waals surface area (Å²) in [5.74, 6) is 3.34. The van der Waals surface area contributed by atoms with Gasteiger partial charge in [-0.2, -0.15) is 4.98 Å². The maximum Gasteiger partial charge on any atom is 0.226 e. The van der Waals surface area contributed by atoms with E-state index in [0.29, 0.717) is 24.1 Å². The zero-order valence-corrected chi connectivity index (χ0v) is 18.2. The summed E-state index contributed by atoms with van der Waals surface area (Å²) in [6.45, 7) is 4.67. The summed E-state index contributed by atoms with van der Waals surface area (Å²) in [5.41, 5.74) is 3.86. The van der Waals surface area contributed by atoms with Gasteiger partial charge >= 0.3 is 0 Å². The Balaban J connectivity index is 1.73. The third-order valence-electron chi connectivity index (χ3n) is 5.09. The molecule has 0 unspecified atom stereocenters. The fraction of sp³-hybridized carbons (Fsp3) is 0.292. The van der Waals surface area contributed by atoms with Crippen LogP contribution in [0.15, 0.2) is 47.0 Å². The van der Waals surface area contributed by atoms with Crippen LogP contribution in [0.25, 0.3) is 22.3 Å². The van der Waals surface area contributed by atoms with Crippen molar-refractivity contribution < 1.29 is 14.0 Å². The molecule has 2 heterocycles. The molecule has 2 aromatic heterocycles. The van der Waals surface area contributed by atoms with Crippen molar-refractivity contribution >= 4 is 16.7 Å². The SMILES string of the molecule is CCCc1nc(-c2cc3cccc(C)c3nc2NCc2cc(OC)cc(OC)c2)no1. The van der Waals surface area contributed by atoms with E-state index in [-0.39, 0.29) is 0 Å². The topological polar surface area (TPSA) is 82.3 Å². The second kappa shape index (κ2) is 9.04. The molecular weight excluding hydrogens is 392 g/mol. The van der Waals surface area contributed by atoms with Gasteiger partial charge in [0.2, 0.25) is 11.7 Å². The van der Waals surface area contributed by atoms with E-state index in [2.05, 4.69) is 41.4 Å². The van der Waals surface area contributed by atoms with Crippen molar-refractivity contribution in [3.05, 3.63) is 59.5 Å². The van der Waals surface area contributed by atoms with E-state index in [4.69, 9.17) is 19.0 Å². The van der Waals surface area contributed by atoms with Gasteiger partial charge in [-0.25, -0.2) is 4.98 Å². The maximum absolute atomic E-state index is 5.42. The minimum atomic E-state index is 0.532. The minimum absolute atomic E-state index is 0.532. The molecule has 0 spiro atoms. The zero-order chi connectivity index (χ0) is 21.8. The molecule has 160 valence electrons. The average Bonchev–Trinajstić information content (AvgIpc) is 3.26. The Hall–Kier alpha value is -3.61. The Morgan fingerprint density at radius 1 is 1.00 bits per heavy atom. The molecule has 7 nitrogen and oxygen atoms in total. The van der Waals surface area contributed by atoms with Crippen LogP contribution in [0.2, 0.25) is 0 Å². The number of hydrogen-bond donors (Lipinski definition) is 1. The highest BCUT2D eigenvalue weighted by Crippen LogP contribution is 2.31. The standard InChI is InChI=1S/C24H26N4O3/c1-5-7-21-26-24(28-31-21)20-12-17-9-6-8-15(2)22(17)27-23(20)25-14-16-10-18(29-3)13-19(11-16)30-4/h6,8-13H,5,7,14H2,1-4H3,(H,25,27). The van der Waals surface area contributed by atoms with Crippen molar-refractivity contribution in [1.29, 1.82) is 0 Å². The molecule has 4 rings (SSSR count). The fourth-order valence-corrected chi connectivity index (χ4v) is 3.49. The van der Waals surface area contributed by atoms with Crippen LogP contribution in [0.3, 0.4) is 0 Å². The van der Waals surface area contributed by atoms with E-state index in [1.54, 1.807) is 14.2 Å². The van der Waals surface area contributed by atoms with E-state index in [1.165, 1.54) is 0 Å². The number of nitrogens with one attached hydrogen (secondary N) is 1. The van der Waals surface area contributed by atoms with Crippen LogP contribution in [0, 0.1) is 6.92 Å². The highest BCUT2D eigenvalue weighted by molar-refractivity contribution is 5.89. The van der Waals surface area contributed by atoms with E-state index in [0.717, 1.165) is 51.9 Å². The molecular formula is C24H26N4O3. The summed E-state index contributed by atoms with van der Waals surface area (Å²) in [5, 5.41) is 8.68. The molecule has 0 radical (unpaired) electrons. The number of methoxy groups -OCH3 is 2. The number of pyridine rings is 1. The van der Waals surface area contributed by atoms with Crippen LogP contribution in [0.5, 0.6) is 11.5 Å². The lowest BCUT2D eigenvalue weighted by atomic mass is 10.1. The van der Waals surface area contributed by atoms with Crippen molar-refractivity contribution in [3.63, 3.8) is 0 Å². The first-order chi connectivity index (χ1) is 15.1. The summed E-state index contributed by atoms with van der Waals surface area (Å²) in [4.78, 5) is 9.48. The van der Waals surface area contributed by atoms with Gasteiger partial charge in [0.05, 0.1) is 25.3 Å². The van der Waals surface area contributed by atoms with Gasteiger partial charge in [-0.3, -0.25) is 0 Å². The lowest BCUT2D eigenvalue weighted by Crippen LogP contribution is -2.05. The van der Waals surface area contributed by atoms with E-state index < -0.39 is 0 Å². The summed E-state index contributed by atoms with van der Waals surface area (Å²) in [6, 6.07) is 14.0. The van der Waals surface area contributed by atoms with Gasteiger partial charge in [-0.05, 0) is 42.7 Å². The van der Waals surface area contributed by atoms with Gasteiger partial charge in [-0.1, -0.05) is 30.3 Å². The molecule has 31 heavy (non-hydrogen) atoms. The number of hydrogen-bond acceptors (Lipinski definition) is 7. The molecule has 0 aliphatic heterocycles. The molecule has 0 saturated carbocycles. The number of ether oxygens (including phenoxy) is 2. The molecule has 4 aromatic rings. The number of aryl methyl sites for hydroxylation is 2. The van der Waals surface area contributed by atoms with Gasteiger partial charge in [0.15, 0.2) is 0 Å². The monoisotopic (exact) mass is 418 g/mol. The largest absolute Gasteiger partial charge is 0.497 e. The molecule has 0 aliphatic carbocycles. The first-order valence-corrected chi connectivity index (χ1v) is 10.3. The van der Waals surface area contributed by atoms with Crippen molar-refractivity contribution in [2.75, 3.05) is 19.5 Å². The van der Waals surface area contributed by atoms with Crippen LogP contribution >= 0.6 is 0 Å². The lowest BCUT2D eigenvalue weighted by molar-refractivity contribution is 0.378. The number of fused-ring (bicyclic) bond motifs is 1. The quantitative estimate of drug-likeness (QED) is 0.422. The number of nitrogens with zero attached hydrogens (tertiary/aromatic N) is 3. The Morgan fingerprint density at radius 2 is 1.77 bits per heavy atom. The van der Waals surface area contributed by atoms with Gasteiger partial charge in [-0.15, -0.1) is 0 Å². The van der Waals surface area contributed by atoms with Gasteiger partial charge < -0.3 is 19.3 Å². The molecule has 7 heteroatoms. The predicted molar refractivity (Wildman–Crippen MR) is 121 cm³/mol. The third-order valence-corrected chi connectivity index (χ3v) is 5.09. The van der Waals surface area contributed by atoms with E-state index >= 15 is 0 Å². The van der Waals surface area contributed by atoms with Crippen LogP contribution in [-0.2, 0) is 13.0 Å². The molecule has 0 aliphatic rings. The Morgan fingerprint density at radius 3 is 2.48 bits per heavy atom. The zero-order valence-electron chi connectivity index (χ0n) is 18.2. The van der Waals surface area contributed by atoms with E-state index in [9.17, 15) is 0 Å². The maximum atomic E-state index is 5.42. The normalized spacial score (nSPS) is 11.0. The lowest BCUT2D eigenvalue weighted by Gasteiger charge is -2.13. The van der Waals surface area contributed by atoms with Crippen LogP contribution in [-0.4, -0.2) is 29.3 Å². The fourth-order valence-electron chi connectivity index (χ4n) is 3.49. The molecule has 0 atom stereocenters. The summed E-state index contributed by atoms with van der Waals surface area (Å²) in [7, 11) is 3.28. The number of rotatable bonds is 8. The van der Waals surface area contributed by atoms with Crippen LogP contribution in [0.1, 0.15) is 30.4 Å². The van der Waals surface area contributed by atoms with Crippen molar-refractivity contribution in [1.82, 2.24) is 15.1 Å². The molecule has 0 saturated heterocycles. The number of para-hydroxylation sites is 1. The van der Waals surface area contributed by atoms with Crippen molar-refractivity contribution in [3.8, 4) is 22.9 Å². The van der Waals surface area contributed by atoms with Gasteiger partial charge in [0.25, 0.3) is 0 Å². The van der Waals surface area contributed by atoms with Gasteiger partial charge in [0.1, 0.15) is 17.3 Å². The summed E-state index contributed by atoms with van der Waals surface area (Å²) >= 11 is 0. The highest BCUT2D eigenvalue weighted by Gasteiger charge is 2.16. The molecule has 2 aromatic carbocycles. The smallest absolute Gasteiger partial charge is 0.226 e. The van der Waals surface area contributed by atoms with Crippen LogP contribution in [0.4, 0.5) is 5.82 Å². The van der Waals surface area contributed by atoms with E-state index in [1.807, 2.05) is 30.3 Å². The minimum Gasteiger partial charge on any atom is -0.497 e. The second-order valence-corrected chi connectivity index (χ2v) is 7.37. The van der Waals surface area contributed by atoms with Crippen molar-refractivity contribution in [2.45, 2.75) is 33.2 Å². The summed E-state index contributed by atoms with van der Waals surface area (Å²) in [6.07, 6.45) is 1.69. The summed E-state index contributed by atoms with van der Waals surface area (Å²) < 4.78 is 16.2. The molecule has 0 bridgehead atoms. The average molecular weight is 418 g/mol. The Bertz CT molecular complexity index is 1180. The number of aromatic nitrogens is 3. The van der Waals surface area contributed by atoms with Gasteiger partial charge in [0, 0.05) is 24.4 Å². The first kappa shape index (κ1) is 20.7. The van der Waals surface area contributed by atoms with Crippen LogP contribution < -0.4 is 14.8 Å². The van der Waals surface area contributed by atoms with Crippen molar-refractivity contribution in [2.24, 2.45) is 0 Å². The molecule has 0 amide bonds. The second-order valence-electron chi connectivity index (χ2n) is 7.37. The predicted octanol–water partition coefficient (Wildman–Crippen LogP) is 5.18. The molecule has 0 fully saturated rings. The highest BCUT2D eigenvalue weighted by atomic mass is 16.5.